The topological polar surface area (TPSA) is 61.2 Å². The largest absolute Gasteiger partial charge is 0.357 e. The molecule has 0 saturated carbocycles. The standard InChI is InChI=1S/C15H12ClFN2O3S/c1-9-3-5-11(6-4-9)23(20,21)22-19-8-7-12-14(17)13(16)10(2)18-15(12)19/h3-8H,1-2H3. The summed E-state index contributed by atoms with van der Waals surface area (Å²) in [5.74, 6) is -0.663. The van der Waals surface area contributed by atoms with Gasteiger partial charge in [-0.2, -0.15) is 13.1 Å². The van der Waals surface area contributed by atoms with Crippen LogP contribution in [0.15, 0.2) is 41.4 Å². The SMILES string of the molecule is Cc1ccc(S(=O)(=O)On2ccc3c(F)c(Cl)c(C)nc32)cc1. The van der Waals surface area contributed by atoms with E-state index in [0.29, 0.717) is 0 Å². The first-order chi connectivity index (χ1) is 10.8. The number of nitrogens with zero attached hydrogens (tertiary/aromatic N) is 2. The quantitative estimate of drug-likeness (QED) is 0.724. The number of aromatic nitrogens is 2. The molecular weight excluding hydrogens is 343 g/mol. The number of hydrogen-bond acceptors (Lipinski definition) is 4. The van der Waals surface area contributed by atoms with Gasteiger partial charge in [-0.15, -0.1) is 0 Å². The first-order valence-electron chi connectivity index (χ1n) is 6.64. The normalized spacial score (nSPS) is 11.8. The van der Waals surface area contributed by atoms with Crippen molar-refractivity contribution in [3.63, 3.8) is 0 Å². The molecule has 23 heavy (non-hydrogen) atoms. The van der Waals surface area contributed by atoms with Crippen LogP contribution in [0.2, 0.25) is 5.02 Å². The molecular formula is C15H12ClFN2O3S. The zero-order valence-electron chi connectivity index (χ0n) is 12.2. The van der Waals surface area contributed by atoms with E-state index >= 15 is 0 Å². The molecule has 0 aliphatic rings. The van der Waals surface area contributed by atoms with Crippen LogP contribution in [-0.2, 0) is 10.1 Å². The van der Waals surface area contributed by atoms with Crippen LogP contribution in [0.3, 0.4) is 0 Å². The van der Waals surface area contributed by atoms with Crippen LogP contribution in [0.1, 0.15) is 11.3 Å². The maximum Gasteiger partial charge on any atom is 0.357 e. The van der Waals surface area contributed by atoms with Gasteiger partial charge in [0.05, 0.1) is 16.1 Å². The molecule has 0 radical (unpaired) electrons. The van der Waals surface area contributed by atoms with Crippen LogP contribution >= 0.6 is 11.6 Å². The highest BCUT2D eigenvalue weighted by Crippen LogP contribution is 2.26. The minimum absolute atomic E-state index is 0.00360. The summed E-state index contributed by atoms with van der Waals surface area (Å²) in [5, 5.41) is -0.0173. The Balaban J connectivity index is 2.06. The molecule has 0 bridgehead atoms. The van der Waals surface area contributed by atoms with Gasteiger partial charge in [-0.3, -0.25) is 4.28 Å². The summed E-state index contributed by atoms with van der Waals surface area (Å²) in [6, 6.07) is 7.55. The lowest BCUT2D eigenvalue weighted by Gasteiger charge is -2.09. The predicted molar refractivity (Wildman–Crippen MR) is 84.4 cm³/mol. The van der Waals surface area contributed by atoms with Crippen molar-refractivity contribution >= 4 is 32.8 Å². The first kappa shape index (κ1) is 15.8. The third-order valence-corrected chi connectivity index (χ3v) is 4.98. The Kier molecular flexibility index (Phi) is 3.77. The first-order valence-corrected chi connectivity index (χ1v) is 8.42. The number of pyridine rings is 1. The number of rotatable bonds is 3. The maximum atomic E-state index is 14.1. The van der Waals surface area contributed by atoms with E-state index in [1.807, 2.05) is 6.92 Å². The Morgan fingerprint density at radius 3 is 2.48 bits per heavy atom. The van der Waals surface area contributed by atoms with Crippen molar-refractivity contribution in [1.29, 1.82) is 0 Å². The summed E-state index contributed by atoms with van der Waals surface area (Å²) in [7, 11) is -4.06. The summed E-state index contributed by atoms with van der Waals surface area (Å²) in [6.07, 6.45) is 1.28. The lowest BCUT2D eigenvalue weighted by atomic mass is 10.2. The highest BCUT2D eigenvalue weighted by Gasteiger charge is 2.20. The Morgan fingerprint density at radius 1 is 1.17 bits per heavy atom. The third kappa shape index (κ3) is 2.77. The van der Waals surface area contributed by atoms with Crippen molar-refractivity contribution < 1.29 is 17.1 Å². The van der Waals surface area contributed by atoms with E-state index in [1.54, 1.807) is 12.1 Å². The lowest BCUT2D eigenvalue weighted by molar-refractivity contribution is 0.290. The summed E-state index contributed by atoms with van der Waals surface area (Å²) in [4.78, 5) is 4.09. The number of halogens is 2. The zero-order chi connectivity index (χ0) is 16.8. The van der Waals surface area contributed by atoms with Gasteiger partial charge in [0.25, 0.3) is 0 Å². The Labute approximate surface area is 137 Å². The third-order valence-electron chi connectivity index (χ3n) is 3.33. The number of aryl methyl sites for hydroxylation is 2. The van der Waals surface area contributed by atoms with Crippen LogP contribution in [-0.4, -0.2) is 18.1 Å². The zero-order valence-corrected chi connectivity index (χ0v) is 13.8. The van der Waals surface area contributed by atoms with Gasteiger partial charge in [-0.25, -0.2) is 9.37 Å². The molecule has 0 fully saturated rings. The second-order valence-electron chi connectivity index (χ2n) is 5.05. The van der Waals surface area contributed by atoms with E-state index in [2.05, 4.69) is 4.98 Å². The molecule has 3 aromatic rings. The molecule has 2 aromatic heterocycles. The van der Waals surface area contributed by atoms with E-state index in [9.17, 15) is 12.8 Å². The van der Waals surface area contributed by atoms with Gasteiger partial charge in [0.1, 0.15) is 4.90 Å². The van der Waals surface area contributed by atoms with Crippen molar-refractivity contribution in [2.75, 3.05) is 0 Å². The lowest BCUT2D eigenvalue weighted by Crippen LogP contribution is -2.20. The molecule has 2 heterocycles. The molecule has 0 saturated heterocycles. The molecule has 0 aliphatic heterocycles. The van der Waals surface area contributed by atoms with Gasteiger partial charge in [-0.05, 0) is 32.0 Å². The van der Waals surface area contributed by atoms with Crippen LogP contribution in [0, 0.1) is 19.7 Å². The van der Waals surface area contributed by atoms with Crippen LogP contribution in [0.25, 0.3) is 11.0 Å². The minimum Gasteiger partial charge on any atom is -0.282 e. The molecule has 0 spiro atoms. The molecule has 0 amide bonds. The maximum absolute atomic E-state index is 14.1. The average Bonchev–Trinajstić information content (AvgIpc) is 2.88. The minimum atomic E-state index is -4.06. The highest BCUT2D eigenvalue weighted by molar-refractivity contribution is 7.87. The Bertz CT molecular complexity index is 998. The van der Waals surface area contributed by atoms with Gasteiger partial charge in [0.2, 0.25) is 0 Å². The average molecular weight is 355 g/mol. The molecule has 0 unspecified atom stereocenters. The molecule has 3 rings (SSSR count). The molecule has 120 valence electrons. The van der Waals surface area contributed by atoms with E-state index < -0.39 is 15.9 Å². The van der Waals surface area contributed by atoms with E-state index in [0.717, 1.165) is 10.3 Å². The molecule has 8 heteroatoms. The van der Waals surface area contributed by atoms with Crippen LogP contribution in [0.5, 0.6) is 0 Å². The van der Waals surface area contributed by atoms with E-state index in [4.69, 9.17) is 15.9 Å². The van der Waals surface area contributed by atoms with Gasteiger partial charge in [-0.1, -0.05) is 29.3 Å². The number of fused-ring (bicyclic) bond motifs is 1. The number of hydrogen-bond donors (Lipinski definition) is 0. The Morgan fingerprint density at radius 2 is 1.83 bits per heavy atom. The van der Waals surface area contributed by atoms with E-state index in [1.165, 1.54) is 31.3 Å². The second kappa shape index (κ2) is 5.50. The predicted octanol–water partition coefficient (Wildman–Crippen LogP) is 3.26. The monoisotopic (exact) mass is 354 g/mol. The van der Waals surface area contributed by atoms with Crippen LogP contribution in [0.4, 0.5) is 4.39 Å². The van der Waals surface area contributed by atoms with Gasteiger partial charge in [0.15, 0.2) is 11.5 Å². The second-order valence-corrected chi connectivity index (χ2v) is 6.95. The van der Waals surface area contributed by atoms with Crippen molar-refractivity contribution in [2.45, 2.75) is 18.7 Å². The van der Waals surface area contributed by atoms with Crippen molar-refractivity contribution in [3.05, 3.63) is 58.6 Å². The van der Waals surface area contributed by atoms with Crippen molar-refractivity contribution in [2.24, 2.45) is 0 Å². The molecule has 0 atom stereocenters. The van der Waals surface area contributed by atoms with Crippen molar-refractivity contribution in [1.82, 2.24) is 9.71 Å². The molecule has 0 N–H and O–H groups in total. The molecule has 5 nitrogen and oxygen atoms in total. The van der Waals surface area contributed by atoms with Gasteiger partial charge < -0.3 is 0 Å². The van der Waals surface area contributed by atoms with Crippen molar-refractivity contribution in [3.8, 4) is 0 Å². The fourth-order valence-corrected chi connectivity index (χ4v) is 3.12. The number of benzene rings is 1. The van der Waals surface area contributed by atoms with Gasteiger partial charge in [0, 0.05) is 6.20 Å². The molecule has 1 aromatic carbocycles. The van der Waals surface area contributed by atoms with Crippen LogP contribution < -0.4 is 4.28 Å². The summed E-state index contributed by atoms with van der Waals surface area (Å²) in [6.45, 7) is 3.37. The summed E-state index contributed by atoms with van der Waals surface area (Å²) in [5.41, 5.74) is 1.21. The fraction of sp³-hybridized carbons (Fsp3) is 0.133. The van der Waals surface area contributed by atoms with E-state index in [-0.39, 0.29) is 26.6 Å². The smallest absolute Gasteiger partial charge is 0.282 e. The Hall–Kier alpha value is -2.12. The highest BCUT2D eigenvalue weighted by atomic mass is 35.5. The fourth-order valence-electron chi connectivity index (χ4n) is 2.09. The summed E-state index contributed by atoms with van der Waals surface area (Å²) < 4.78 is 44.6. The van der Waals surface area contributed by atoms with Gasteiger partial charge >= 0.3 is 10.1 Å². The molecule has 0 aliphatic carbocycles. The summed E-state index contributed by atoms with van der Waals surface area (Å²) >= 11 is 5.80.